The van der Waals surface area contributed by atoms with Gasteiger partial charge in [-0.25, -0.2) is 0 Å². The van der Waals surface area contributed by atoms with E-state index >= 15 is 0 Å². The molecule has 0 bridgehead atoms. The first-order chi connectivity index (χ1) is 6.65. The molecule has 0 aliphatic rings. The van der Waals surface area contributed by atoms with Crippen molar-refractivity contribution >= 4 is 5.91 Å². The molecule has 0 atom stereocenters. The normalized spacial score (nSPS) is 12.9. The Morgan fingerprint density at radius 1 is 1.13 bits per heavy atom. The molecule has 4 nitrogen and oxygen atoms in total. The molecule has 90 valence electrons. The number of rotatable bonds is 6. The number of carbonyl (C=O) groups is 1. The molecule has 0 aromatic carbocycles. The van der Waals surface area contributed by atoms with E-state index in [0.29, 0.717) is 5.41 Å². The van der Waals surface area contributed by atoms with Crippen molar-refractivity contribution in [1.29, 1.82) is 0 Å². The molecule has 0 fully saturated rings. The highest BCUT2D eigenvalue weighted by molar-refractivity contribution is 5.83. The number of hydrogen-bond acceptors (Lipinski definition) is 3. The minimum absolute atomic E-state index is 0.291. The second-order valence-corrected chi connectivity index (χ2v) is 5.65. The fourth-order valence-electron chi connectivity index (χ4n) is 1.01. The molecule has 0 unspecified atom stereocenters. The quantitative estimate of drug-likeness (QED) is 0.564. The third-order valence-electron chi connectivity index (χ3n) is 2.14. The van der Waals surface area contributed by atoms with Crippen LogP contribution in [-0.4, -0.2) is 31.1 Å². The standard InChI is InChI=1S/C11H25N3O/c1-10(2,3)8-13-6-7-14-11(4,5)9(12)15/h13-14H,6-8H2,1-5H3,(H2,12,15). The fraction of sp³-hybridized carbons (Fsp3) is 0.909. The molecule has 1 amide bonds. The topological polar surface area (TPSA) is 67.2 Å². The van der Waals surface area contributed by atoms with Crippen LogP contribution in [0, 0.1) is 5.41 Å². The van der Waals surface area contributed by atoms with Gasteiger partial charge in [0.05, 0.1) is 5.54 Å². The Morgan fingerprint density at radius 2 is 1.67 bits per heavy atom. The monoisotopic (exact) mass is 215 g/mol. The first-order valence-electron chi connectivity index (χ1n) is 5.41. The molecule has 0 spiro atoms. The lowest BCUT2D eigenvalue weighted by atomic mass is 9.97. The van der Waals surface area contributed by atoms with E-state index in [4.69, 9.17) is 5.73 Å². The Hall–Kier alpha value is -0.610. The van der Waals surface area contributed by atoms with Crippen molar-refractivity contribution in [3.05, 3.63) is 0 Å². The van der Waals surface area contributed by atoms with Crippen LogP contribution in [0.2, 0.25) is 0 Å². The Bertz CT molecular complexity index is 206. The minimum atomic E-state index is -0.622. The van der Waals surface area contributed by atoms with E-state index in [-0.39, 0.29) is 5.91 Å². The molecule has 0 heterocycles. The smallest absolute Gasteiger partial charge is 0.237 e. The zero-order chi connectivity index (χ0) is 12.1. The molecule has 0 aliphatic carbocycles. The van der Waals surface area contributed by atoms with Gasteiger partial charge in [-0.2, -0.15) is 0 Å². The number of carbonyl (C=O) groups excluding carboxylic acids is 1. The van der Waals surface area contributed by atoms with Crippen molar-refractivity contribution in [2.24, 2.45) is 11.1 Å². The molecule has 0 aromatic heterocycles. The lowest BCUT2D eigenvalue weighted by Crippen LogP contribution is -2.52. The summed E-state index contributed by atoms with van der Waals surface area (Å²) < 4.78 is 0. The van der Waals surface area contributed by atoms with Crippen LogP contribution in [0.15, 0.2) is 0 Å². The highest BCUT2D eigenvalue weighted by Crippen LogP contribution is 2.09. The number of nitrogens with two attached hydrogens (primary N) is 1. The largest absolute Gasteiger partial charge is 0.368 e. The average Bonchev–Trinajstić information content (AvgIpc) is 2.00. The van der Waals surface area contributed by atoms with Gasteiger partial charge in [0.15, 0.2) is 0 Å². The van der Waals surface area contributed by atoms with Crippen molar-refractivity contribution in [1.82, 2.24) is 10.6 Å². The second kappa shape index (κ2) is 5.47. The zero-order valence-electron chi connectivity index (χ0n) is 10.6. The van der Waals surface area contributed by atoms with Gasteiger partial charge in [-0.3, -0.25) is 4.79 Å². The highest BCUT2D eigenvalue weighted by atomic mass is 16.1. The third kappa shape index (κ3) is 7.33. The lowest BCUT2D eigenvalue weighted by Gasteiger charge is -2.23. The van der Waals surface area contributed by atoms with Crippen LogP contribution in [0.25, 0.3) is 0 Å². The third-order valence-corrected chi connectivity index (χ3v) is 2.14. The summed E-state index contributed by atoms with van der Waals surface area (Å²) in [5.41, 5.74) is 4.90. The van der Waals surface area contributed by atoms with Gasteiger partial charge < -0.3 is 16.4 Å². The molecule has 4 N–H and O–H groups in total. The van der Waals surface area contributed by atoms with Crippen molar-refractivity contribution in [3.63, 3.8) is 0 Å². The van der Waals surface area contributed by atoms with Gasteiger partial charge in [-0.15, -0.1) is 0 Å². The first kappa shape index (κ1) is 14.4. The molecule has 15 heavy (non-hydrogen) atoms. The lowest BCUT2D eigenvalue weighted by molar-refractivity contribution is -0.123. The van der Waals surface area contributed by atoms with Crippen LogP contribution in [0.3, 0.4) is 0 Å². The molecule has 4 heteroatoms. The van der Waals surface area contributed by atoms with E-state index in [0.717, 1.165) is 19.6 Å². The summed E-state index contributed by atoms with van der Waals surface area (Å²) in [5.74, 6) is -0.321. The van der Waals surface area contributed by atoms with Gasteiger partial charge in [0.2, 0.25) is 5.91 Å². The molecule has 0 aliphatic heterocycles. The predicted octanol–water partition coefficient (Wildman–Crippen LogP) is 0.476. The van der Waals surface area contributed by atoms with Crippen LogP contribution in [0.1, 0.15) is 34.6 Å². The summed E-state index contributed by atoms with van der Waals surface area (Å²) in [6, 6.07) is 0. The maximum Gasteiger partial charge on any atom is 0.237 e. The molecule has 0 rings (SSSR count). The average molecular weight is 215 g/mol. The van der Waals surface area contributed by atoms with Gasteiger partial charge in [0.25, 0.3) is 0 Å². The van der Waals surface area contributed by atoms with Gasteiger partial charge >= 0.3 is 0 Å². The van der Waals surface area contributed by atoms with E-state index in [1.807, 2.05) is 0 Å². The minimum Gasteiger partial charge on any atom is -0.368 e. The zero-order valence-corrected chi connectivity index (χ0v) is 10.6. The highest BCUT2D eigenvalue weighted by Gasteiger charge is 2.23. The Labute approximate surface area is 93.0 Å². The maximum atomic E-state index is 11.0. The van der Waals surface area contributed by atoms with E-state index < -0.39 is 5.54 Å². The number of nitrogens with one attached hydrogen (secondary N) is 2. The van der Waals surface area contributed by atoms with E-state index in [1.54, 1.807) is 13.8 Å². The molecular formula is C11H25N3O. The van der Waals surface area contributed by atoms with Crippen molar-refractivity contribution < 1.29 is 4.79 Å². The van der Waals surface area contributed by atoms with Crippen molar-refractivity contribution in [2.45, 2.75) is 40.2 Å². The molecule has 0 radical (unpaired) electrons. The summed E-state index contributed by atoms with van der Waals surface area (Å²) in [5, 5.41) is 6.43. The van der Waals surface area contributed by atoms with Crippen molar-refractivity contribution in [2.75, 3.05) is 19.6 Å². The van der Waals surface area contributed by atoms with Crippen LogP contribution < -0.4 is 16.4 Å². The number of amides is 1. The fourth-order valence-corrected chi connectivity index (χ4v) is 1.01. The van der Waals surface area contributed by atoms with Crippen molar-refractivity contribution in [3.8, 4) is 0 Å². The molecule has 0 saturated carbocycles. The molecular weight excluding hydrogens is 190 g/mol. The Kier molecular flexibility index (Phi) is 5.24. The van der Waals surface area contributed by atoms with Crippen LogP contribution in [-0.2, 0) is 4.79 Å². The van der Waals surface area contributed by atoms with Gasteiger partial charge in [-0.05, 0) is 19.3 Å². The summed E-state index contributed by atoms with van der Waals surface area (Å²) in [4.78, 5) is 11.0. The van der Waals surface area contributed by atoms with E-state index in [9.17, 15) is 4.79 Å². The Balaban J connectivity index is 3.60. The first-order valence-corrected chi connectivity index (χ1v) is 5.41. The predicted molar refractivity (Wildman–Crippen MR) is 63.6 cm³/mol. The van der Waals surface area contributed by atoms with E-state index in [2.05, 4.69) is 31.4 Å². The molecule has 0 saturated heterocycles. The summed E-state index contributed by atoms with van der Waals surface area (Å²) in [6.45, 7) is 12.7. The van der Waals surface area contributed by atoms with Crippen LogP contribution >= 0.6 is 0 Å². The summed E-state index contributed by atoms with van der Waals surface area (Å²) in [6.07, 6.45) is 0. The SMILES string of the molecule is CC(C)(C)CNCCNC(C)(C)C(N)=O. The number of primary amides is 1. The second-order valence-electron chi connectivity index (χ2n) is 5.65. The van der Waals surface area contributed by atoms with E-state index in [1.165, 1.54) is 0 Å². The van der Waals surface area contributed by atoms with Crippen LogP contribution in [0.5, 0.6) is 0 Å². The molecule has 0 aromatic rings. The number of hydrogen-bond donors (Lipinski definition) is 3. The summed E-state index contributed by atoms with van der Waals surface area (Å²) >= 11 is 0. The van der Waals surface area contributed by atoms with Gasteiger partial charge in [0, 0.05) is 19.6 Å². The van der Waals surface area contributed by atoms with Gasteiger partial charge in [0.1, 0.15) is 0 Å². The summed E-state index contributed by atoms with van der Waals surface area (Å²) in [7, 11) is 0. The van der Waals surface area contributed by atoms with Gasteiger partial charge in [-0.1, -0.05) is 20.8 Å². The van der Waals surface area contributed by atoms with Crippen LogP contribution in [0.4, 0.5) is 0 Å². The Morgan fingerprint density at radius 3 is 2.07 bits per heavy atom. The maximum absolute atomic E-state index is 11.0.